The molecule has 0 aliphatic heterocycles. The molecule has 0 atom stereocenters. The number of rotatable bonds is 7. The fourth-order valence-corrected chi connectivity index (χ4v) is 1.78. The Morgan fingerprint density at radius 2 is 2.35 bits per heavy atom. The van der Waals surface area contributed by atoms with E-state index in [1.54, 1.807) is 24.5 Å². The molecule has 2 rings (SSSR count). The third kappa shape index (κ3) is 4.12. The summed E-state index contributed by atoms with van der Waals surface area (Å²) in [6.07, 6.45) is 5.10. The molecule has 0 radical (unpaired) electrons. The van der Waals surface area contributed by atoms with Crippen molar-refractivity contribution < 1.29 is 9.53 Å². The molecule has 5 nitrogen and oxygen atoms in total. The molecule has 0 saturated carbocycles. The van der Waals surface area contributed by atoms with E-state index in [0.29, 0.717) is 25.1 Å². The van der Waals surface area contributed by atoms with Crippen LogP contribution in [0.2, 0.25) is 0 Å². The van der Waals surface area contributed by atoms with Gasteiger partial charge in [-0.1, -0.05) is 13.0 Å². The third-order valence-corrected chi connectivity index (χ3v) is 2.77. The van der Waals surface area contributed by atoms with Crippen LogP contribution >= 0.6 is 0 Å². The Hall–Kier alpha value is -2.30. The van der Waals surface area contributed by atoms with Gasteiger partial charge in [-0.3, -0.25) is 4.79 Å². The Labute approximate surface area is 118 Å². The van der Waals surface area contributed by atoms with E-state index in [1.807, 2.05) is 19.1 Å². The van der Waals surface area contributed by atoms with Gasteiger partial charge < -0.3 is 15.0 Å². The lowest BCUT2D eigenvalue weighted by Gasteiger charge is -2.07. The van der Waals surface area contributed by atoms with E-state index in [2.05, 4.69) is 15.3 Å². The molecule has 0 bridgehead atoms. The Bertz CT molecular complexity index is 538. The Kier molecular flexibility index (Phi) is 5.17. The normalized spacial score (nSPS) is 10.2. The minimum absolute atomic E-state index is 0.0986. The summed E-state index contributed by atoms with van der Waals surface area (Å²) in [6.45, 7) is 3.25. The smallest absolute Gasteiger partial charge is 0.251 e. The maximum absolute atomic E-state index is 12.0. The first-order valence-electron chi connectivity index (χ1n) is 6.79. The quantitative estimate of drug-likeness (QED) is 0.812. The zero-order valence-corrected chi connectivity index (χ0v) is 11.6. The second kappa shape index (κ2) is 7.33. The highest BCUT2D eigenvalue weighted by atomic mass is 16.5. The van der Waals surface area contributed by atoms with Crippen LogP contribution in [0.15, 0.2) is 36.7 Å². The van der Waals surface area contributed by atoms with Crippen LogP contribution < -0.4 is 10.1 Å². The molecule has 2 N–H and O–H groups in total. The van der Waals surface area contributed by atoms with E-state index >= 15 is 0 Å². The van der Waals surface area contributed by atoms with Crippen LogP contribution in [0.3, 0.4) is 0 Å². The maximum atomic E-state index is 12.0. The van der Waals surface area contributed by atoms with Crippen LogP contribution in [0.25, 0.3) is 0 Å². The van der Waals surface area contributed by atoms with Crippen LogP contribution in [0, 0.1) is 0 Å². The molecule has 106 valence electrons. The average Bonchev–Trinajstić information content (AvgIpc) is 2.98. The van der Waals surface area contributed by atoms with Gasteiger partial charge in [-0.15, -0.1) is 0 Å². The van der Waals surface area contributed by atoms with Crippen LogP contribution in [-0.2, 0) is 6.42 Å². The first kappa shape index (κ1) is 14.1. The van der Waals surface area contributed by atoms with E-state index in [9.17, 15) is 4.79 Å². The van der Waals surface area contributed by atoms with Gasteiger partial charge in [-0.2, -0.15) is 0 Å². The maximum Gasteiger partial charge on any atom is 0.251 e. The third-order valence-electron chi connectivity index (χ3n) is 2.77. The van der Waals surface area contributed by atoms with Crippen molar-refractivity contribution in [3.05, 3.63) is 48.0 Å². The van der Waals surface area contributed by atoms with E-state index in [0.717, 1.165) is 18.0 Å². The molecule has 1 aromatic carbocycles. The number of nitrogens with zero attached hydrogens (tertiary/aromatic N) is 1. The minimum atomic E-state index is -0.0986. The van der Waals surface area contributed by atoms with Gasteiger partial charge >= 0.3 is 0 Å². The molecule has 1 aromatic heterocycles. The summed E-state index contributed by atoms with van der Waals surface area (Å²) >= 11 is 0. The highest BCUT2D eigenvalue weighted by molar-refractivity contribution is 5.94. The summed E-state index contributed by atoms with van der Waals surface area (Å²) in [6, 6.07) is 7.22. The van der Waals surface area contributed by atoms with Crippen molar-refractivity contribution in [1.82, 2.24) is 15.3 Å². The summed E-state index contributed by atoms with van der Waals surface area (Å²) in [5.74, 6) is 1.49. The second-order valence-corrected chi connectivity index (χ2v) is 4.42. The van der Waals surface area contributed by atoms with Crippen LogP contribution in [0.4, 0.5) is 0 Å². The number of H-pyrrole nitrogens is 1. The van der Waals surface area contributed by atoms with Gasteiger partial charge in [-0.05, 0) is 24.6 Å². The lowest BCUT2D eigenvalue weighted by atomic mass is 10.2. The van der Waals surface area contributed by atoms with Crippen molar-refractivity contribution in [2.75, 3.05) is 13.2 Å². The number of hydrogen-bond acceptors (Lipinski definition) is 3. The number of hydrogen-bond donors (Lipinski definition) is 2. The van der Waals surface area contributed by atoms with Crippen LogP contribution in [-0.4, -0.2) is 29.0 Å². The van der Waals surface area contributed by atoms with Gasteiger partial charge in [0.15, 0.2) is 0 Å². The number of aromatic amines is 1. The molecule has 0 spiro atoms. The number of imidazole rings is 1. The number of benzene rings is 1. The molecule has 0 aliphatic carbocycles. The lowest BCUT2D eigenvalue weighted by Crippen LogP contribution is -2.25. The fourth-order valence-electron chi connectivity index (χ4n) is 1.78. The van der Waals surface area contributed by atoms with Gasteiger partial charge in [-0.25, -0.2) is 4.98 Å². The van der Waals surface area contributed by atoms with Crippen molar-refractivity contribution in [2.45, 2.75) is 19.8 Å². The number of ether oxygens (including phenoxy) is 1. The molecule has 1 heterocycles. The van der Waals surface area contributed by atoms with Crippen molar-refractivity contribution in [3.8, 4) is 5.75 Å². The molecule has 0 aliphatic rings. The van der Waals surface area contributed by atoms with E-state index in [4.69, 9.17) is 4.74 Å². The summed E-state index contributed by atoms with van der Waals surface area (Å²) in [7, 11) is 0. The molecule has 1 amide bonds. The number of nitrogens with one attached hydrogen (secondary N) is 2. The van der Waals surface area contributed by atoms with Gasteiger partial charge in [0.25, 0.3) is 5.91 Å². The second-order valence-electron chi connectivity index (χ2n) is 4.42. The summed E-state index contributed by atoms with van der Waals surface area (Å²) in [5.41, 5.74) is 0.609. The Morgan fingerprint density at radius 3 is 3.10 bits per heavy atom. The standard InChI is InChI=1S/C15H19N3O2/c1-2-10-20-13-5-3-4-12(11-13)15(19)18-7-6-14-16-8-9-17-14/h3-5,8-9,11H,2,6-7,10H2,1H3,(H,16,17)(H,18,19). The van der Waals surface area contributed by atoms with Gasteiger partial charge in [0.2, 0.25) is 0 Å². The largest absolute Gasteiger partial charge is 0.494 e. The highest BCUT2D eigenvalue weighted by Gasteiger charge is 2.06. The van der Waals surface area contributed by atoms with E-state index < -0.39 is 0 Å². The van der Waals surface area contributed by atoms with Gasteiger partial charge in [0.1, 0.15) is 11.6 Å². The molecule has 0 fully saturated rings. The first-order valence-corrected chi connectivity index (χ1v) is 6.79. The predicted octanol–water partition coefficient (Wildman–Crippen LogP) is 2.17. The van der Waals surface area contributed by atoms with Crippen LogP contribution in [0.5, 0.6) is 5.75 Å². The summed E-state index contributed by atoms with van der Waals surface area (Å²) < 4.78 is 5.51. The topological polar surface area (TPSA) is 67.0 Å². The molecule has 20 heavy (non-hydrogen) atoms. The van der Waals surface area contributed by atoms with E-state index in [-0.39, 0.29) is 5.91 Å². The van der Waals surface area contributed by atoms with Crippen molar-refractivity contribution in [2.24, 2.45) is 0 Å². The summed E-state index contributed by atoms with van der Waals surface area (Å²) in [4.78, 5) is 19.1. The molecular formula is C15H19N3O2. The lowest BCUT2D eigenvalue weighted by molar-refractivity contribution is 0.0953. The molecular weight excluding hydrogens is 254 g/mol. The minimum Gasteiger partial charge on any atom is -0.494 e. The first-order chi connectivity index (χ1) is 9.79. The monoisotopic (exact) mass is 273 g/mol. The van der Waals surface area contributed by atoms with Crippen molar-refractivity contribution in [1.29, 1.82) is 0 Å². The Balaban J connectivity index is 1.85. The van der Waals surface area contributed by atoms with Gasteiger partial charge in [0.05, 0.1) is 6.61 Å². The number of carbonyl (C=O) groups excluding carboxylic acids is 1. The number of carbonyl (C=O) groups is 1. The highest BCUT2D eigenvalue weighted by Crippen LogP contribution is 2.13. The Morgan fingerprint density at radius 1 is 1.45 bits per heavy atom. The number of aromatic nitrogens is 2. The van der Waals surface area contributed by atoms with Crippen LogP contribution in [0.1, 0.15) is 29.5 Å². The molecule has 0 unspecified atom stereocenters. The van der Waals surface area contributed by atoms with Crippen molar-refractivity contribution in [3.63, 3.8) is 0 Å². The zero-order valence-electron chi connectivity index (χ0n) is 11.6. The summed E-state index contributed by atoms with van der Waals surface area (Å²) in [5, 5.41) is 2.87. The van der Waals surface area contributed by atoms with Crippen molar-refractivity contribution >= 4 is 5.91 Å². The predicted molar refractivity (Wildman–Crippen MR) is 76.9 cm³/mol. The van der Waals surface area contributed by atoms with E-state index in [1.165, 1.54) is 0 Å². The molecule has 5 heteroatoms. The molecule has 0 saturated heterocycles. The molecule has 2 aromatic rings. The fraction of sp³-hybridized carbons (Fsp3) is 0.333. The zero-order chi connectivity index (χ0) is 14.2. The van der Waals surface area contributed by atoms with Gasteiger partial charge in [0, 0.05) is 30.9 Å². The average molecular weight is 273 g/mol. The SMILES string of the molecule is CCCOc1cccc(C(=O)NCCc2ncc[nH]2)c1. The number of amides is 1.